The number of fused-ring (bicyclic) bond motifs is 1. The SMILES string of the molecule is CC(=O)NC1CCOc2ccc(-c3csc(NC(=O)c4ccccc4C(F)(F)F)n3)cc21. The van der Waals surface area contributed by atoms with E-state index in [2.05, 4.69) is 15.6 Å². The van der Waals surface area contributed by atoms with E-state index in [0.29, 0.717) is 24.5 Å². The fraction of sp³-hybridized carbons (Fsp3) is 0.227. The molecule has 10 heteroatoms. The molecule has 1 aliphatic heterocycles. The first-order valence-electron chi connectivity index (χ1n) is 9.69. The van der Waals surface area contributed by atoms with Crippen molar-refractivity contribution in [1.29, 1.82) is 0 Å². The van der Waals surface area contributed by atoms with Gasteiger partial charge in [0.2, 0.25) is 5.91 Å². The lowest BCUT2D eigenvalue weighted by atomic mass is 9.97. The second kappa shape index (κ2) is 8.62. The number of alkyl halides is 3. The van der Waals surface area contributed by atoms with Gasteiger partial charge in [0.1, 0.15) is 5.75 Å². The third-order valence-corrected chi connectivity index (χ3v) is 5.68. The minimum atomic E-state index is -4.64. The summed E-state index contributed by atoms with van der Waals surface area (Å²) < 4.78 is 45.2. The molecule has 0 spiro atoms. The van der Waals surface area contributed by atoms with Crippen LogP contribution in [0.1, 0.15) is 40.9 Å². The first-order chi connectivity index (χ1) is 15.2. The zero-order chi connectivity index (χ0) is 22.9. The van der Waals surface area contributed by atoms with Gasteiger partial charge in [-0.05, 0) is 30.3 Å². The third kappa shape index (κ3) is 4.59. The molecule has 0 radical (unpaired) electrons. The maximum atomic E-state index is 13.2. The van der Waals surface area contributed by atoms with Crippen molar-refractivity contribution in [2.45, 2.75) is 25.6 Å². The molecular formula is C22H18F3N3O3S. The van der Waals surface area contributed by atoms with E-state index in [0.717, 1.165) is 34.6 Å². The smallest absolute Gasteiger partial charge is 0.417 e. The largest absolute Gasteiger partial charge is 0.493 e. The molecule has 0 saturated carbocycles. The zero-order valence-corrected chi connectivity index (χ0v) is 17.6. The Bertz CT molecular complexity index is 1180. The van der Waals surface area contributed by atoms with Gasteiger partial charge in [-0.25, -0.2) is 4.98 Å². The third-order valence-electron chi connectivity index (χ3n) is 4.92. The van der Waals surface area contributed by atoms with Crippen molar-refractivity contribution in [2.24, 2.45) is 0 Å². The van der Waals surface area contributed by atoms with Crippen molar-refractivity contribution in [3.8, 4) is 17.0 Å². The summed E-state index contributed by atoms with van der Waals surface area (Å²) in [6.45, 7) is 1.94. The van der Waals surface area contributed by atoms with Crippen LogP contribution in [0.3, 0.4) is 0 Å². The van der Waals surface area contributed by atoms with Crippen LogP contribution < -0.4 is 15.4 Å². The molecule has 1 atom stereocenters. The van der Waals surface area contributed by atoms with E-state index in [9.17, 15) is 22.8 Å². The number of anilines is 1. The van der Waals surface area contributed by atoms with Crippen molar-refractivity contribution in [3.05, 3.63) is 64.5 Å². The van der Waals surface area contributed by atoms with Crippen LogP contribution in [0.4, 0.5) is 18.3 Å². The number of hydrogen-bond donors (Lipinski definition) is 2. The number of nitrogens with one attached hydrogen (secondary N) is 2. The lowest BCUT2D eigenvalue weighted by Crippen LogP contribution is -2.30. The van der Waals surface area contributed by atoms with Crippen LogP contribution in [-0.4, -0.2) is 23.4 Å². The summed E-state index contributed by atoms with van der Waals surface area (Å²) in [5.74, 6) is -0.360. The topological polar surface area (TPSA) is 80.3 Å². The Morgan fingerprint density at radius 1 is 1.19 bits per heavy atom. The van der Waals surface area contributed by atoms with E-state index < -0.39 is 23.2 Å². The molecule has 2 amide bonds. The Balaban J connectivity index is 1.57. The number of aromatic nitrogens is 1. The Kier molecular flexibility index (Phi) is 5.88. The number of nitrogens with zero attached hydrogens (tertiary/aromatic N) is 1. The van der Waals surface area contributed by atoms with Crippen LogP contribution in [0.25, 0.3) is 11.3 Å². The number of halogens is 3. The molecule has 32 heavy (non-hydrogen) atoms. The van der Waals surface area contributed by atoms with Crippen LogP contribution in [0, 0.1) is 0 Å². The highest BCUT2D eigenvalue weighted by Gasteiger charge is 2.35. The Morgan fingerprint density at radius 2 is 1.97 bits per heavy atom. The molecule has 0 fully saturated rings. The molecule has 1 unspecified atom stereocenters. The molecule has 2 heterocycles. The number of carbonyl (C=O) groups excluding carboxylic acids is 2. The summed E-state index contributed by atoms with van der Waals surface area (Å²) in [6.07, 6.45) is -4.01. The normalized spacial score (nSPS) is 15.4. The molecule has 0 bridgehead atoms. The predicted octanol–water partition coefficient (Wildman–Crippen LogP) is 5.04. The van der Waals surface area contributed by atoms with Gasteiger partial charge in [0.05, 0.1) is 29.5 Å². The molecule has 1 aromatic heterocycles. The molecule has 2 N–H and O–H groups in total. The van der Waals surface area contributed by atoms with Gasteiger partial charge in [0.15, 0.2) is 5.13 Å². The van der Waals surface area contributed by atoms with Gasteiger partial charge in [-0.15, -0.1) is 11.3 Å². The number of benzene rings is 2. The van der Waals surface area contributed by atoms with Crippen molar-refractivity contribution < 1.29 is 27.5 Å². The molecule has 4 rings (SSSR count). The highest BCUT2D eigenvalue weighted by molar-refractivity contribution is 7.14. The molecular weight excluding hydrogens is 443 g/mol. The number of carbonyl (C=O) groups is 2. The van der Waals surface area contributed by atoms with Gasteiger partial charge in [-0.1, -0.05) is 12.1 Å². The Hall–Kier alpha value is -3.40. The predicted molar refractivity (Wildman–Crippen MR) is 114 cm³/mol. The van der Waals surface area contributed by atoms with Gasteiger partial charge < -0.3 is 10.1 Å². The summed E-state index contributed by atoms with van der Waals surface area (Å²) in [4.78, 5) is 28.3. The molecule has 6 nitrogen and oxygen atoms in total. The number of hydrogen-bond acceptors (Lipinski definition) is 5. The van der Waals surface area contributed by atoms with Crippen molar-refractivity contribution >= 4 is 28.3 Å². The van der Waals surface area contributed by atoms with Gasteiger partial charge in [0, 0.05) is 29.9 Å². The van der Waals surface area contributed by atoms with Gasteiger partial charge in [-0.2, -0.15) is 13.2 Å². The summed E-state index contributed by atoms with van der Waals surface area (Å²) in [5.41, 5.74) is 0.622. The summed E-state index contributed by atoms with van der Waals surface area (Å²) >= 11 is 1.10. The summed E-state index contributed by atoms with van der Waals surface area (Å²) in [5, 5.41) is 7.22. The minimum absolute atomic E-state index is 0.147. The molecule has 3 aromatic rings. The van der Waals surface area contributed by atoms with Crippen molar-refractivity contribution in [1.82, 2.24) is 10.3 Å². The standard InChI is InChI=1S/C22H18F3N3O3S/c1-12(29)26-17-8-9-31-19-7-6-13(10-15(17)19)18-11-32-21(27-18)28-20(30)14-4-2-3-5-16(14)22(23,24)25/h2-7,10-11,17H,8-9H2,1H3,(H,26,29)(H,27,28,30). The van der Waals surface area contributed by atoms with Crippen LogP contribution in [0.5, 0.6) is 5.75 Å². The van der Waals surface area contributed by atoms with Crippen LogP contribution in [-0.2, 0) is 11.0 Å². The Labute approximate surface area is 185 Å². The first-order valence-corrected chi connectivity index (χ1v) is 10.6. The lowest BCUT2D eigenvalue weighted by Gasteiger charge is -2.26. The molecule has 0 aliphatic carbocycles. The fourth-order valence-corrected chi connectivity index (χ4v) is 4.22. The molecule has 2 aromatic carbocycles. The second-order valence-corrected chi connectivity index (χ2v) is 8.04. The van der Waals surface area contributed by atoms with E-state index >= 15 is 0 Å². The average Bonchev–Trinajstić information content (AvgIpc) is 3.21. The number of thiazole rings is 1. The van der Waals surface area contributed by atoms with Gasteiger partial charge in [-0.3, -0.25) is 14.9 Å². The fourth-order valence-electron chi connectivity index (χ4n) is 3.51. The number of amides is 2. The van der Waals surface area contributed by atoms with E-state index in [1.54, 1.807) is 17.5 Å². The summed E-state index contributed by atoms with van der Waals surface area (Å²) in [6, 6.07) is 9.85. The van der Waals surface area contributed by atoms with Crippen LogP contribution >= 0.6 is 11.3 Å². The Morgan fingerprint density at radius 3 is 2.72 bits per heavy atom. The van der Waals surface area contributed by atoms with Gasteiger partial charge in [0.25, 0.3) is 5.91 Å². The van der Waals surface area contributed by atoms with Crippen LogP contribution in [0.15, 0.2) is 47.8 Å². The van der Waals surface area contributed by atoms with Crippen molar-refractivity contribution in [3.63, 3.8) is 0 Å². The molecule has 166 valence electrons. The summed E-state index contributed by atoms with van der Waals surface area (Å²) in [7, 11) is 0. The number of rotatable bonds is 4. The first kappa shape index (κ1) is 21.8. The maximum absolute atomic E-state index is 13.2. The average molecular weight is 461 g/mol. The second-order valence-electron chi connectivity index (χ2n) is 7.18. The monoisotopic (exact) mass is 461 g/mol. The zero-order valence-electron chi connectivity index (χ0n) is 16.8. The van der Waals surface area contributed by atoms with E-state index in [4.69, 9.17) is 4.74 Å². The molecule has 0 saturated heterocycles. The van der Waals surface area contributed by atoms with E-state index in [1.807, 2.05) is 6.07 Å². The highest BCUT2D eigenvalue weighted by Crippen LogP contribution is 2.36. The lowest BCUT2D eigenvalue weighted by molar-refractivity contribution is -0.137. The van der Waals surface area contributed by atoms with Gasteiger partial charge >= 0.3 is 6.18 Å². The highest BCUT2D eigenvalue weighted by atomic mass is 32.1. The quantitative estimate of drug-likeness (QED) is 0.571. The van der Waals surface area contributed by atoms with Crippen LogP contribution in [0.2, 0.25) is 0 Å². The minimum Gasteiger partial charge on any atom is -0.493 e. The molecule has 1 aliphatic rings. The maximum Gasteiger partial charge on any atom is 0.417 e. The van der Waals surface area contributed by atoms with E-state index in [-0.39, 0.29) is 17.1 Å². The van der Waals surface area contributed by atoms with Crippen molar-refractivity contribution in [2.75, 3.05) is 11.9 Å². The van der Waals surface area contributed by atoms with E-state index in [1.165, 1.54) is 19.1 Å². The number of ether oxygens (including phenoxy) is 1.